The van der Waals surface area contributed by atoms with Gasteiger partial charge >= 0.3 is 0 Å². The Morgan fingerprint density at radius 3 is 2.57 bits per heavy atom. The zero-order valence-electron chi connectivity index (χ0n) is 18.7. The Bertz CT molecular complexity index is 695. The van der Waals surface area contributed by atoms with Gasteiger partial charge in [0.25, 0.3) is 0 Å². The number of ether oxygens (including phenoxy) is 3. The molecule has 0 radical (unpaired) electrons. The van der Waals surface area contributed by atoms with E-state index in [-0.39, 0.29) is 24.9 Å². The summed E-state index contributed by atoms with van der Waals surface area (Å²) in [5.41, 5.74) is 1.64. The molecule has 1 saturated heterocycles. The number of rotatable bonds is 9. The summed E-state index contributed by atoms with van der Waals surface area (Å²) in [5, 5.41) is 14.5. The number of benzene rings is 1. The summed E-state index contributed by atoms with van der Waals surface area (Å²) in [7, 11) is 1.65. The van der Waals surface area contributed by atoms with Gasteiger partial charge in [-0.1, -0.05) is 5.16 Å². The largest absolute Gasteiger partial charge is 0.493 e. The fraction of sp³-hybridized carbons (Fsp3) is 0.696. The van der Waals surface area contributed by atoms with Crippen molar-refractivity contribution in [2.45, 2.75) is 70.9 Å². The first-order valence-corrected chi connectivity index (χ1v) is 11.0. The van der Waals surface area contributed by atoms with Crippen LogP contribution in [0.5, 0.6) is 11.5 Å². The summed E-state index contributed by atoms with van der Waals surface area (Å²) in [6, 6.07) is 5.79. The third kappa shape index (κ3) is 6.59. The average Bonchev–Trinajstić information content (AvgIpc) is 3.20. The maximum atomic E-state index is 10.3. The number of hydrogen-bond donors (Lipinski definition) is 1. The molecule has 7 heteroatoms. The second kappa shape index (κ2) is 11.0. The third-order valence-electron chi connectivity index (χ3n) is 5.61. The molecule has 3 unspecified atom stereocenters. The van der Waals surface area contributed by atoms with E-state index in [1.165, 1.54) is 12.8 Å². The van der Waals surface area contributed by atoms with E-state index in [0.29, 0.717) is 6.54 Å². The fourth-order valence-electron chi connectivity index (χ4n) is 4.24. The molecule has 7 nitrogen and oxygen atoms in total. The van der Waals surface area contributed by atoms with E-state index in [0.717, 1.165) is 48.7 Å². The third-order valence-corrected chi connectivity index (χ3v) is 5.61. The lowest BCUT2D eigenvalue weighted by Crippen LogP contribution is -2.48. The SMILES string of the molecule is COc1ccc(/C(C)=N\OCC(O)CN2CC(C)OC(C)C2)cc1OC1CCCC1. The first-order valence-electron chi connectivity index (χ1n) is 11.0. The van der Waals surface area contributed by atoms with Crippen LogP contribution in [0.2, 0.25) is 0 Å². The van der Waals surface area contributed by atoms with E-state index in [1.807, 2.05) is 25.1 Å². The van der Waals surface area contributed by atoms with Crippen LogP contribution in [-0.4, -0.2) is 73.5 Å². The van der Waals surface area contributed by atoms with Crippen molar-refractivity contribution >= 4 is 5.71 Å². The van der Waals surface area contributed by atoms with Gasteiger partial charge in [0.1, 0.15) is 12.7 Å². The first-order chi connectivity index (χ1) is 14.4. The molecule has 0 aromatic heterocycles. The smallest absolute Gasteiger partial charge is 0.162 e. The summed E-state index contributed by atoms with van der Waals surface area (Å²) in [4.78, 5) is 7.65. The van der Waals surface area contributed by atoms with Crippen LogP contribution in [0.4, 0.5) is 0 Å². The van der Waals surface area contributed by atoms with E-state index in [4.69, 9.17) is 19.0 Å². The topological polar surface area (TPSA) is 72.8 Å². The molecule has 0 amide bonds. The molecule has 3 atom stereocenters. The minimum atomic E-state index is -0.601. The Balaban J connectivity index is 1.53. The lowest BCUT2D eigenvalue weighted by Gasteiger charge is -2.36. The van der Waals surface area contributed by atoms with Crippen molar-refractivity contribution in [2.24, 2.45) is 5.16 Å². The molecule has 1 heterocycles. The summed E-state index contributed by atoms with van der Waals surface area (Å²) < 4.78 is 17.3. The summed E-state index contributed by atoms with van der Waals surface area (Å²) in [5.74, 6) is 1.47. The van der Waals surface area contributed by atoms with Gasteiger partial charge in [0.2, 0.25) is 0 Å². The van der Waals surface area contributed by atoms with Crippen LogP contribution < -0.4 is 9.47 Å². The van der Waals surface area contributed by atoms with Crippen LogP contribution in [-0.2, 0) is 9.57 Å². The number of nitrogens with zero attached hydrogens (tertiary/aromatic N) is 2. The number of morpholine rings is 1. The number of methoxy groups -OCH3 is 1. The molecular weight excluding hydrogens is 384 g/mol. The lowest BCUT2D eigenvalue weighted by molar-refractivity contribution is -0.0819. The standard InChI is InChI=1S/C23H36N2O5/c1-16-12-25(13-17(2)29-16)14-20(26)15-28-24-18(3)19-9-10-22(27-4)23(11-19)30-21-7-5-6-8-21/h9-11,16-17,20-21,26H,5-8,12-15H2,1-4H3/b24-18-. The first kappa shape index (κ1) is 22.8. The van der Waals surface area contributed by atoms with Crippen LogP contribution in [0.25, 0.3) is 0 Å². The minimum Gasteiger partial charge on any atom is -0.493 e. The van der Waals surface area contributed by atoms with Crippen molar-refractivity contribution in [2.75, 3.05) is 33.4 Å². The predicted octanol–water partition coefficient (Wildman–Crippen LogP) is 3.23. The molecule has 1 aliphatic carbocycles. The monoisotopic (exact) mass is 420 g/mol. The Morgan fingerprint density at radius 1 is 1.20 bits per heavy atom. The molecule has 1 aromatic carbocycles. The van der Waals surface area contributed by atoms with Gasteiger partial charge in [-0.05, 0) is 64.7 Å². The molecule has 3 rings (SSSR count). The maximum absolute atomic E-state index is 10.3. The molecule has 2 aliphatic rings. The van der Waals surface area contributed by atoms with E-state index >= 15 is 0 Å². The maximum Gasteiger partial charge on any atom is 0.162 e. The van der Waals surface area contributed by atoms with E-state index < -0.39 is 6.10 Å². The number of aliphatic hydroxyl groups is 1. The van der Waals surface area contributed by atoms with Gasteiger partial charge in [-0.15, -0.1) is 0 Å². The van der Waals surface area contributed by atoms with E-state index in [2.05, 4.69) is 23.9 Å². The molecule has 1 aliphatic heterocycles. The highest BCUT2D eigenvalue weighted by Crippen LogP contribution is 2.32. The minimum absolute atomic E-state index is 0.152. The molecule has 30 heavy (non-hydrogen) atoms. The number of hydrogen-bond acceptors (Lipinski definition) is 7. The van der Waals surface area contributed by atoms with Crippen LogP contribution in [0.15, 0.2) is 23.4 Å². The Morgan fingerprint density at radius 2 is 1.90 bits per heavy atom. The summed E-state index contributed by atoms with van der Waals surface area (Å²) in [6.07, 6.45) is 4.61. The molecule has 0 bridgehead atoms. The molecule has 1 N–H and O–H groups in total. The Hall–Kier alpha value is -1.83. The fourth-order valence-corrected chi connectivity index (χ4v) is 4.24. The number of aliphatic hydroxyl groups excluding tert-OH is 1. The lowest BCUT2D eigenvalue weighted by atomic mass is 10.1. The van der Waals surface area contributed by atoms with Crippen molar-refractivity contribution in [3.8, 4) is 11.5 Å². The van der Waals surface area contributed by atoms with Crippen LogP contribution in [0, 0.1) is 0 Å². The molecule has 2 fully saturated rings. The highest BCUT2D eigenvalue weighted by molar-refractivity contribution is 5.98. The van der Waals surface area contributed by atoms with Gasteiger partial charge in [-0.3, -0.25) is 4.90 Å². The van der Waals surface area contributed by atoms with Crippen molar-refractivity contribution in [1.82, 2.24) is 4.90 Å². The molecule has 168 valence electrons. The molecule has 0 spiro atoms. The van der Waals surface area contributed by atoms with Gasteiger partial charge in [0.15, 0.2) is 11.5 Å². The highest BCUT2D eigenvalue weighted by Gasteiger charge is 2.24. The van der Waals surface area contributed by atoms with Gasteiger partial charge in [0.05, 0.1) is 31.1 Å². The Labute approximate surface area is 179 Å². The predicted molar refractivity (Wildman–Crippen MR) is 116 cm³/mol. The van der Waals surface area contributed by atoms with Crippen LogP contribution in [0.1, 0.15) is 52.0 Å². The highest BCUT2D eigenvalue weighted by atomic mass is 16.6. The van der Waals surface area contributed by atoms with E-state index in [9.17, 15) is 5.11 Å². The van der Waals surface area contributed by atoms with Crippen LogP contribution in [0.3, 0.4) is 0 Å². The van der Waals surface area contributed by atoms with Gasteiger partial charge in [-0.25, -0.2) is 0 Å². The van der Waals surface area contributed by atoms with Gasteiger partial charge < -0.3 is 24.2 Å². The van der Waals surface area contributed by atoms with E-state index in [1.54, 1.807) is 7.11 Å². The second-order valence-corrected chi connectivity index (χ2v) is 8.49. The zero-order chi connectivity index (χ0) is 21.5. The van der Waals surface area contributed by atoms with Crippen molar-refractivity contribution in [3.05, 3.63) is 23.8 Å². The quantitative estimate of drug-likeness (QED) is 0.488. The normalized spacial score (nSPS) is 24.6. The zero-order valence-corrected chi connectivity index (χ0v) is 18.7. The Kier molecular flexibility index (Phi) is 8.36. The molecule has 1 saturated carbocycles. The van der Waals surface area contributed by atoms with Crippen LogP contribution >= 0.6 is 0 Å². The van der Waals surface area contributed by atoms with Crippen molar-refractivity contribution in [1.29, 1.82) is 0 Å². The molecule has 1 aromatic rings. The van der Waals surface area contributed by atoms with Gasteiger partial charge in [0, 0.05) is 25.2 Å². The van der Waals surface area contributed by atoms with Crippen molar-refractivity contribution < 1.29 is 24.2 Å². The summed E-state index contributed by atoms with van der Waals surface area (Å²) in [6.45, 7) is 8.34. The van der Waals surface area contributed by atoms with Crippen molar-refractivity contribution in [3.63, 3.8) is 0 Å². The second-order valence-electron chi connectivity index (χ2n) is 8.49. The molecular formula is C23H36N2O5. The number of β-amino-alcohol motifs (C(OH)–C–C–N with tert-alkyl or cyclic N) is 1. The number of oxime groups is 1. The average molecular weight is 421 g/mol. The summed E-state index contributed by atoms with van der Waals surface area (Å²) >= 11 is 0. The van der Waals surface area contributed by atoms with Gasteiger partial charge in [-0.2, -0.15) is 0 Å².